The molecule has 2 aliphatic rings. The van der Waals surface area contributed by atoms with E-state index in [0.717, 1.165) is 31.6 Å². The summed E-state index contributed by atoms with van der Waals surface area (Å²) in [6.45, 7) is 8.22. The molecular weight excluding hydrogens is 488 g/mol. The van der Waals surface area contributed by atoms with Gasteiger partial charge in [-0.15, -0.1) is 0 Å². The topological polar surface area (TPSA) is 117 Å². The molecule has 1 saturated heterocycles. The molecular formula is C31H34N6O2. The minimum Gasteiger partial charge on any atom is -0.365 e. The first-order valence-corrected chi connectivity index (χ1v) is 13.4. The second kappa shape index (κ2) is 10.9. The van der Waals surface area contributed by atoms with E-state index in [-0.39, 0.29) is 35.5 Å². The molecule has 3 N–H and O–H groups in total. The molecule has 1 aliphatic heterocycles. The van der Waals surface area contributed by atoms with Gasteiger partial charge in [0.15, 0.2) is 5.82 Å². The Labute approximate surface area is 229 Å². The van der Waals surface area contributed by atoms with Crippen LogP contribution in [-0.4, -0.2) is 39.6 Å². The molecule has 8 heteroatoms. The van der Waals surface area contributed by atoms with Gasteiger partial charge in [-0.3, -0.25) is 19.2 Å². The number of nitriles is 1. The van der Waals surface area contributed by atoms with Crippen LogP contribution in [0.3, 0.4) is 0 Å². The number of likely N-dealkylation sites (tertiary alicyclic amines) is 1. The van der Waals surface area contributed by atoms with Gasteiger partial charge in [-0.25, -0.2) is 0 Å². The Balaban J connectivity index is 1.27. The average molecular weight is 523 g/mol. The number of hydrogen-bond donors (Lipinski definition) is 2. The Hall–Kier alpha value is -4.22. The van der Waals surface area contributed by atoms with Crippen LogP contribution in [0.25, 0.3) is 11.1 Å². The number of rotatable bonds is 9. The standard InChI is InChI=1S/C31H34N6O2/c1-21(2)25-18-26(25)30(39)34-29-27(28(33)38)20-37(35-29)31(12-15-32)13-16-36(17-14-31)19-22-8-10-24(11-9-22)23-6-4-3-5-7-23/h3-11,20,25-26H,1,12-14,16-19H2,2H3,(H2,33,38)(H,34,35,39)/t25-,26+/m1/s1. The van der Waals surface area contributed by atoms with Gasteiger partial charge in [-0.05, 0) is 48.8 Å². The average Bonchev–Trinajstić information content (AvgIpc) is 3.64. The number of amides is 2. The number of anilines is 1. The molecule has 2 amide bonds. The van der Waals surface area contributed by atoms with Crippen molar-refractivity contribution >= 4 is 17.6 Å². The normalized spacial score (nSPS) is 20.1. The van der Waals surface area contributed by atoms with E-state index in [1.807, 2.05) is 25.1 Å². The van der Waals surface area contributed by atoms with Crippen LogP contribution in [0.1, 0.15) is 48.5 Å². The van der Waals surface area contributed by atoms with Gasteiger partial charge in [0.1, 0.15) is 5.56 Å². The van der Waals surface area contributed by atoms with E-state index in [4.69, 9.17) is 5.73 Å². The van der Waals surface area contributed by atoms with Crippen LogP contribution in [0.5, 0.6) is 0 Å². The highest BCUT2D eigenvalue weighted by Crippen LogP contribution is 2.44. The van der Waals surface area contributed by atoms with Gasteiger partial charge in [-0.1, -0.05) is 66.7 Å². The van der Waals surface area contributed by atoms with Crippen molar-refractivity contribution in [2.24, 2.45) is 17.6 Å². The Morgan fingerprint density at radius 3 is 2.36 bits per heavy atom. The van der Waals surface area contributed by atoms with Crippen LogP contribution in [-0.2, 0) is 16.9 Å². The van der Waals surface area contributed by atoms with E-state index in [1.54, 1.807) is 10.9 Å². The van der Waals surface area contributed by atoms with Gasteiger partial charge >= 0.3 is 0 Å². The largest absolute Gasteiger partial charge is 0.365 e. The molecule has 2 fully saturated rings. The van der Waals surface area contributed by atoms with Crippen molar-refractivity contribution in [1.29, 1.82) is 5.26 Å². The summed E-state index contributed by atoms with van der Waals surface area (Å²) >= 11 is 0. The monoisotopic (exact) mass is 522 g/mol. The molecule has 3 aromatic rings. The molecule has 200 valence electrons. The van der Waals surface area contributed by atoms with Gasteiger partial charge in [0.25, 0.3) is 5.91 Å². The minimum absolute atomic E-state index is 0.160. The summed E-state index contributed by atoms with van der Waals surface area (Å²) in [5, 5.41) is 17.1. The summed E-state index contributed by atoms with van der Waals surface area (Å²) < 4.78 is 1.70. The fraction of sp³-hybridized carbons (Fsp3) is 0.355. The van der Waals surface area contributed by atoms with Gasteiger partial charge in [0.05, 0.1) is 18.0 Å². The third-order valence-corrected chi connectivity index (χ3v) is 8.13. The van der Waals surface area contributed by atoms with Crippen LogP contribution in [0.4, 0.5) is 5.82 Å². The number of nitrogens with two attached hydrogens (primary N) is 1. The summed E-state index contributed by atoms with van der Waals surface area (Å²) in [5.74, 6) is -0.678. The number of benzene rings is 2. The maximum absolute atomic E-state index is 12.8. The van der Waals surface area contributed by atoms with Crippen LogP contribution < -0.4 is 11.1 Å². The van der Waals surface area contributed by atoms with Gasteiger partial charge in [-0.2, -0.15) is 10.4 Å². The summed E-state index contributed by atoms with van der Waals surface area (Å²) in [6.07, 6.45) is 3.97. The molecule has 8 nitrogen and oxygen atoms in total. The molecule has 0 unspecified atom stereocenters. The number of aromatic nitrogens is 2. The van der Waals surface area contributed by atoms with Crippen LogP contribution in [0.15, 0.2) is 72.9 Å². The lowest BCUT2D eigenvalue weighted by molar-refractivity contribution is -0.117. The molecule has 2 atom stereocenters. The number of nitrogens with one attached hydrogen (secondary N) is 1. The first kappa shape index (κ1) is 26.4. The molecule has 0 bridgehead atoms. The Bertz CT molecular complexity index is 1410. The molecule has 2 aromatic carbocycles. The van der Waals surface area contributed by atoms with E-state index in [2.05, 4.69) is 64.4 Å². The van der Waals surface area contributed by atoms with Gasteiger partial charge < -0.3 is 11.1 Å². The SMILES string of the molecule is C=C(C)[C@H]1C[C@@H]1C(=O)Nc1nn(C2(CC#N)CCN(Cc3ccc(-c4ccccc4)cc3)CC2)cc1C(N)=O. The van der Waals surface area contributed by atoms with Crippen molar-refractivity contribution in [3.63, 3.8) is 0 Å². The second-order valence-electron chi connectivity index (χ2n) is 10.9. The number of hydrogen-bond acceptors (Lipinski definition) is 5. The van der Waals surface area contributed by atoms with Crippen LogP contribution in [0, 0.1) is 23.2 Å². The van der Waals surface area contributed by atoms with E-state index in [1.165, 1.54) is 16.7 Å². The maximum atomic E-state index is 12.8. The number of allylic oxidation sites excluding steroid dienone is 1. The first-order valence-electron chi connectivity index (χ1n) is 13.4. The summed E-state index contributed by atoms with van der Waals surface area (Å²) in [5.41, 5.74) is 9.82. The summed E-state index contributed by atoms with van der Waals surface area (Å²) in [4.78, 5) is 27.4. The summed E-state index contributed by atoms with van der Waals surface area (Å²) in [6, 6.07) is 21.3. The quantitative estimate of drug-likeness (QED) is 0.395. The predicted molar refractivity (Wildman–Crippen MR) is 150 cm³/mol. The van der Waals surface area contributed by atoms with Crippen molar-refractivity contribution in [2.75, 3.05) is 18.4 Å². The zero-order chi connectivity index (χ0) is 27.6. The van der Waals surface area contributed by atoms with Crippen molar-refractivity contribution < 1.29 is 9.59 Å². The molecule has 2 heterocycles. The molecule has 0 radical (unpaired) electrons. The Kier molecular flexibility index (Phi) is 7.36. The Morgan fingerprint density at radius 2 is 1.77 bits per heavy atom. The molecule has 0 spiro atoms. The zero-order valence-corrected chi connectivity index (χ0v) is 22.3. The lowest BCUT2D eigenvalue weighted by atomic mass is 9.84. The first-order chi connectivity index (χ1) is 18.8. The third kappa shape index (κ3) is 5.64. The number of piperidine rings is 1. The lowest BCUT2D eigenvalue weighted by Crippen LogP contribution is -2.46. The smallest absolute Gasteiger partial charge is 0.254 e. The highest BCUT2D eigenvalue weighted by Gasteiger charge is 2.44. The zero-order valence-electron chi connectivity index (χ0n) is 22.3. The molecule has 1 aromatic heterocycles. The second-order valence-corrected chi connectivity index (χ2v) is 10.9. The molecule has 5 rings (SSSR count). The van der Waals surface area contributed by atoms with Crippen molar-refractivity contribution in [3.8, 4) is 17.2 Å². The minimum atomic E-state index is -0.660. The van der Waals surface area contributed by atoms with Gasteiger partial charge in [0.2, 0.25) is 5.91 Å². The fourth-order valence-corrected chi connectivity index (χ4v) is 5.58. The van der Waals surface area contributed by atoms with E-state index < -0.39 is 11.4 Å². The van der Waals surface area contributed by atoms with E-state index in [0.29, 0.717) is 12.8 Å². The predicted octanol–water partition coefficient (Wildman–Crippen LogP) is 4.70. The number of carbonyl (C=O) groups is 2. The van der Waals surface area contributed by atoms with Gasteiger partial charge in [0, 0.05) is 31.7 Å². The van der Waals surface area contributed by atoms with Crippen molar-refractivity contribution in [2.45, 2.75) is 44.7 Å². The number of carbonyl (C=O) groups excluding carboxylic acids is 2. The number of nitrogens with zero attached hydrogens (tertiary/aromatic N) is 4. The van der Waals surface area contributed by atoms with Crippen molar-refractivity contribution in [1.82, 2.24) is 14.7 Å². The third-order valence-electron chi connectivity index (χ3n) is 8.13. The number of primary amides is 1. The fourth-order valence-electron chi connectivity index (χ4n) is 5.58. The maximum Gasteiger partial charge on any atom is 0.254 e. The highest BCUT2D eigenvalue weighted by molar-refractivity contribution is 6.03. The van der Waals surface area contributed by atoms with Crippen molar-refractivity contribution in [3.05, 3.63) is 84.1 Å². The molecule has 1 aliphatic carbocycles. The molecule has 39 heavy (non-hydrogen) atoms. The summed E-state index contributed by atoms with van der Waals surface area (Å²) in [7, 11) is 0. The lowest BCUT2D eigenvalue weighted by Gasteiger charge is -2.40. The van der Waals surface area contributed by atoms with Crippen LogP contribution >= 0.6 is 0 Å². The van der Waals surface area contributed by atoms with Crippen LogP contribution in [0.2, 0.25) is 0 Å². The Morgan fingerprint density at radius 1 is 1.10 bits per heavy atom. The highest BCUT2D eigenvalue weighted by atomic mass is 16.2. The van der Waals surface area contributed by atoms with E-state index in [9.17, 15) is 14.9 Å². The van der Waals surface area contributed by atoms with E-state index >= 15 is 0 Å². The molecule has 1 saturated carbocycles.